The van der Waals surface area contributed by atoms with Gasteiger partial charge >= 0.3 is 0 Å². The summed E-state index contributed by atoms with van der Waals surface area (Å²) >= 11 is 6.09. The molecule has 2 saturated heterocycles. The van der Waals surface area contributed by atoms with Gasteiger partial charge in [-0.25, -0.2) is 0 Å². The van der Waals surface area contributed by atoms with E-state index in [0.717, 1.165) is 32.4 Å². The summed E-state index contributed by atoms with van der Waals surface area (Å²) in [6, 6.07) is 5.20. The molecule has 1 amide bonds. The third kappa shape index (κ3) is 4.08. The van der Waals surface area contributed by atoms with Crippen molar-refractivity contribution < 1.29 is 19.0 Å². The van der Waals surface area contributed by atoms with Crippen molar-refractivity contribution >= 4 is 23.2 Å². The van der Waals surface area contributed by atoms with Crippen LogP contribution in [-0.2, 0) is 14.3 Å². The van der Waals surface area contributed by atoms with Gasteiger partial charge in [0.15, 0.2) is 0 Å². The molecule has 0 saturated carbocycles. The summed E-state index contributed by atoms with van der Waals surface area (Å²) < 4.78 is 16.8. The van der Waals surface area contributed by atoms with Crippen LogP contribution in [0.15, 0.2) is 18.2 Å². The Kier molecular flexibility index (Phi) is 5.84. The van der Waals surface area contributed by atoms with E-state index in [4.69, 9.17) is 25.8 Å². The van der Waals surface area contributed by atoms with E-state index >= 15 is 0 Å². The van der Waals surface area contributed by atoms with E-state index in [9.17, 15) is 4.79 Å². The minimum Gasteiger partial charge on any atom is -0.495 e. The van der Waals surface area contributed by atoms with Gasteiger partial charge < -0.3 is 19.5 Å². The second-order valence-corrected chi connectivity index (χ2v) is 7.03. The van der Waals surface area contributed by atoms with Gasteiger partial charge in [0.25, 0.3) is 0 Å². The number of piperidine rings is 1. The Labute approximate surface area is 153 Å². The largest absolute Gasteiger partial charge is 0.495 e. The van der Waals surface area contributed by atoms with Crippen molar-refractivity contribution in [1.29, 1.82) is 0 Å². The second-order valence-electron chi connectivity index (χ2n) is 6.62. The van der Waals surface area contributed by atoms with Crippen molar-refractivity contribution in [3.8, 4) is 5.75 Å². The molecular weight excluding hydrogens is 344 g/mol. The zero-order valence-corrected chi connectivity index (χ0v) is 15.5. The monoisotopic (exact) mass is 368 g/mol. The predicted octanol–water partition coefficient (Wildman–Crippen LogP) is 2.56. The van der Waals surface area contributed by atoms with E-state index in [2.05, 4.69) is 10.2 Å². The molecule has 2 fully saturated rings. The van der Waals surface area contributed by atoms with Crippen LogP contribution in [0.5, 0.6) is 5.75 Å². The van der Waals surface area contributed by atoms with Gasteiger partial charge in [-0.05, 0) is 37.5 Å². The molecule has 0 aromatic heterocycles. The topological polar surface area (TPSA) is 60.0 Å². The van der Waals surface area contributed by atoms with Crippen LogP contribution in [0.1, 0.15) is 19.3 Å². The van der Waals surface area contributed by atoms with Crippen LogP contribution in [0.25, 0.3) is 0 Å². The lowest BCUT2D eigenvalue weighted by molar-refractivity contribution is -0.145. The number of benzene rings is 1. The second kappa shape index (κ2) is 7.91. The molecule has 25 heavy (non-hydrogen) atoms. The van der Waals surface area contributed by atoms with Gasteiger partial charge in [0.1, 0.15) is 5.75 Å². The van der Waals surface area contributed by atoms with Gasteiger partial charge in [-0.2, -0.15) is 0 Å². The number of hydrogen-bond acceptors (Lipinski definition) is 5. The van der Waals surface area contributed by atoms with Crippen LogP contribution in [0.3, 0.4) is 0 Å². The normalized spacial score (nSPS) is 26.8. The molecule has 2 heterocycles. The van der Waals surface area contributed by atoms with Crippen molar-refractivity contribution in [2.75, 3.05) is 45.8 Å². The van der Waals surface area contributed by atoms with Crippen molar-refractivity contribution in [1.82, 2.24) is 4.90 Å². The van der Waals surface area contributed by atoms with E-state index in [1.807, 2.05) is 0 Å². The molecule has 0 bridgehead atoms. The molecule has 1 aromatic rings. The van der Waals surface area contributed by atoms with E-state index in [0.29, 0.717) is 29.5 Å². The summed E-state index contributed by atoms with van der Waals surface area (Å²) in [5.74, 6) is 0.514. The highest BCUT2D eigenvalue weighted by Gasteiger charge is 2.46. The number of nitrogens with zero attached hydrogens (tertiary/aromatic N) is 1. The van der Waals surface area contributed by atoms with E-state index in [1.165, 1.54) is 0 Å². The van der Waals surface area contributed by atoms with Gasteiger partial charge in [0.05, 0.1) is 30.4 Å². The lowest BCUT2D eigenvalue weighted by Gasteiger charge is -2.44. The minimum absolute atomic E-state index is 0.00646. The van der Waals surface area contributed by atoms with Gasteiger partial charge in [-0.15, -0.1) is 0 Å². The molecule has 7 heteroatoms. The van der Waals surface area contributed by atoms with Gasteiger partial charge in [0.2, 0.25) is 5.91 Å². The lowest BCUT2D eigenvalue weighted by atomic mass is 9.86. The number of methoxy groups -OCH3 is 2. The molecular formula is C18H25ClN2O4. The maximum Gasteiger partial charge on any atom is 0.238 e. The van der Waals surface area contributed by atoms with Gasteiger partial charge in [-0.1, -0.05) is 11.6 Å². The van der Waals surface area contributed by atoms with Crippen molar-refractivity contribution in [3.05, 3.63) is 23.2 Å². The van der Waals surface area contributed by atoms with Gasteiger partial charge in [-0.3, -0.25) is 9.69 Å². The van der Waals surface area contributed by atoms with E-state index in [1.54, 1.807) is 32.4 Å². The first-order valence-electron chi connectivity index (χ1n) is 8.59. The fourth-order valence-electron chi connectivity index (χ4n) is 3.75. The first kappa shape index (κ1) is 18.5. The maximum atomic E-state index is 12.4. The summed E-state index contributed by atoms with van der Waals surface area (Å²) in [5.41, 5.74) is 0.498. The number of carbonyl (C=O) groups excluding carboxylic acids is 1. The average molecular weight is 369 g/mol. The molecule has 0 radical (unpaired) electrons. The first-order valence-corrected chi connectivity index (χ1v) is 8.96. The number of amides is 1. The van der Waals surface area contributed by atoms with E-state index < -0.39 is 0 Å². The molecule has 3 rings (SSSR count). The Morgan fingerprint density at radius 2 is 2.28 bits per heavy atom. The summed E-state index contributed by atoms with van der Waals surface area (Å²) in [5, 5.41) is 3.35. The molecule has 138 valence electrons. The number of ether oxygens (including phenoxy) is 3. The predicted molar refractivity (Wildman–Crippen MR) is 96.4 cm³/mol. The fraction of sp³-hybridized carbons (Fsp3) is 0.611. The third-order valence-electron chi connectivity index (χ3n) is 5.08. The Balaban J connectivity index is 1.55. The number of nitrogens with one attached hydrogen (secondary N) is 1. The molecule has 1 aromatic carbocycles. The number of carbonyl (C=O) groups is 1. The Morgan fingerprint density at radius 3 is 2.92 bits per heavy atom. The van der Waals surface area contributed by atoms with Crippen LogP contribution in [0, 0.1) is 0 Å². The molecule has 0 aliphatic carbocycles. The highest BCUT2D eigenvalue weighted by Crippen LogP contribution is 2.37. The minimum atomic E-state index is -0.161. The molecule has 1 spiro atoms. The molecule has 2 atom stereocenters. The number of halogens is 1. The van der Waals surface area contributed by atoms with Crippen molar-refractivity contribution in [3.63, 3.8) is 0 Å². The fourth-order valence-corrected chi connectivity index (χ4v) is 4.01. The van der Waals surface area contributed by atoms with Gasteiger partial charge in [0, 0.05) is 32.5 Å². The first-order chi connectivity index (χ1) is 12.1. The smallest absolute Gasteiger partial charge is 0.238 e. The molecule has 6 nitrogen and oxygen atoms in total. The highest BCUT2D eigenvalue weighted by atomic mass is 35.5. The standard InChI is InChI=1S/C18H25ClN2O4/c1-23-15-5-4-13(10-14(15)19)20-17(22)12-21-8-7-18(6-3-9-25-18)16(11-21)24-2/h4-5,10,16H,3,6-9,11-12H2,1-2H3,(H,20,22)/t16-,18+/m0/s1. The Bertz CT molecular complexity index is 619. The average Bonchev–Trinajstić information content (AvgIpc) is 3.06. The molecule has 0 unspecified atom stereocenters. The summed E-state index contributed by atoms with van der Waals surface area (Å²) in [6.45, 7) is 2.65. The summed E-state index contributed by atoms with van der Waals surface area (Å²) in [4.78, 5) is 14.5. The number of anilines is 1. The molecule has 1 N–H and O–H groups in total. The lowest BCUT2D eigenvalue weighted by Crippen LogP contribution is -2.57. The summed E-state index contributed by atoms with van der Waals surface area (Å²) in [6.07, 6.45) is 3.02. The summed E-state index contributed by atoms with van der Waals surface area (Å²) in [7, 11) is 3.28. The van der Waals surface area contributed by atoms with Crippen LogP contribution >= 0.6 is 11.6 Å². The highest BCUT2D eigenvalue weighted by molar-refractivity contribution is 6.32. The number of hydrogen-bond donors (Lipinski definition) is 1. The maximum absolute atomic E-state index is 12.4. The Morgan fingerprint density at radius 1 is 1.44 bits per heavy atom. The van der Waals surface area contributed by atoms with Crippen LogP contribution < -0.4 is 10.1 Å². The SMILES string of the molecule is COc1ccc(NC(=O)CN2CC[C@]3(CCCO3)[C@@H](OC)C2)cc1Cl. The van der Waals surface area contributed by atoms with Crippen LogP contribution in [-0.4, -0.2) is 63.0 Å². The van der Waals surface area contributed by atoms with Crippen molar-refractivity contribution in [2.24, 2.45) is 0 Å². The Hall–Kier alpha value is -1.34. The van der Waals surface area contributed by atoms with Crippen LogP contribution in [0.2, 0.25) is 5.02 Å². The zero-order chi connectivity index (χ0) is 17.9. The van der Waals surface area contributed by atoms with E-state index in [-0.39, 0.29) is 17.6 Å². The number of rotatable bonds is 5. The van der Waals surface area contributed by atoms with Crippen molar-refractivity contribution in [2.45, 2.75) is 31.0 Å². The third-order valence-corrected chi connectivity index (χ3v) is 5.38. The quantitative estimate of drug-likeness (QED) is 0.865. The molecule has 2 aliphatic rings. The number of likely N-dealkylation sites (tertiary alicyclic amines) is 1. The van der Waals surface area contributed by atoms with Crippen LogP contribution in [0.4, 0.5) is 5.69 Å². The molecule has 2 aliphatic heterocycles. The zero-order valence-electron chi connectivity index (χ0n) is 14.7.